The number of aliphatic imine (C=N–C) groups is 1. The molecule has 0 atom stereocenters. The normalized spacial score (nSPS) is 11.2. The van der Waals surface area contributed by atoms with Crippen molar-refractivity contribution in [3.05, 3.63) is 95.7 Å². The number of rotatable bonds is 5. The maximum absolute atomic E-state index is 11.8. The number of fused-ring (bicyclic) bond motifs is 1. The van der Waals surface area contributed by atoms with Crippen LogP contribution in [0.5, 0.6) is 5.75 Å². The van der Waals surface area contributed by atoms with E-state index in [4.69, 9.17) is 4.74 Å². The molecule has 0 unspecified atom stereocenters. The number of nitrogens with zero attached hydrogens (tertiary/aromatic N) is 2. The van der Waals surface area contributed by atoms with Crippen LogP contribution in [0.3, 0.4) is 0 Å². The number of aromatic hydroxyl groups is 1. The smallest absolute Gasteiger partial charge is 0.337 e. The lowest BCUT2D eigenvalue weighted by Crippen LogP contribution is -2.03. The van der Waals surface area contributed by atoms with Gasteiger partial charge in [-0.15, -0.1) is 0 Å². The number of phenols is 1. The SMILES string of the molecule is COC(=O)c1cccc(Cn2cc(C=Nc3cccc(O)c3)c3ccccc32)c1. The average Bonchev–Trinajstić information content (AvgIpc) is 3.09. The van der Waals surface area contributed by atoms with Crippen molar-refractivity contribution in [3.8, 4) is 5.75 Å². The van der Waals surface area contributed by atoms with Crippen molar-refractivity contribution in [3.63, 3.8) is 0 Å². The summed E-state index contributed by atoms with van der Waals surface area (Å²) in [6.07, 6.45) is 3.85. The highest BCUT2D eigenvalue weighted by Crippen LogP contribution is 2.23. The maximum Gasteiger partial charge on any atom is 0.337 e. The molecule has 4 aromatic rings. The number of carbonyl (C=O) groups excluding carboxylic acids is 1. The van der Waals surface area contributed by atoms with Crippen LogP contribution < -0.4 is 0 Å². The topological polar surface area (TPSA) is 63.8 Å². The minimum atomic E-state index is -0.344. The summed E-state index contributed by atoms with van der Waals surface area (Å²) in [4.78, 5) is 16.3. The molecule has 0 radical (unpaired) electrons. The number of carbonyl (C=O) groups is 1. The molecule has 0 aliphatic heterocycles. The molecule has 0 amide bonds. The maximum atomic E-state index is 11.8. The first-order chi connectivity index (χ1) is 14.1. The highest BCUT2D eigenvalue weighted by atomic mass is 16.5. The molecule has 1 heterocycles. The highest BCUT2D eigenvalue weighted by Gasteiger charge is 2.09. The van der Waals surface area contributed by atoms with Gasteiger partial charge in [0.25, 0.3) is 0 Å². The second-order valence-corrected chi connectivity index (χ2v) is 6.70. The number of methoxy groups -OCH3 is 1. The molecule has 1 aromatic heterocycles. The standard InChI is InChI=1S/C24H20N2O3/c1-29-24(28)18-7-4-6-17(12-18)15-26-16-19(22-10-2-3-11-23(22)26)14-25-20-8-5-9-21(27)13-20/h2-14,16,27H,15H2,1H3. The van der Waals surface area contributed by atoms with Crippen LogP contribution in [-0.4, -0.2) is 29.0 Å². The Morgan fingerprint density at radius 2 is 1.90 bits per heavy atom. The second-order valence-electron chi connectivity index (χ2n) is 6.70. The van der Waals surface area contributed by atoms with E-state index in [-0.39, 0.29) is 11.7 Å². The lowest BCUT2D eigenvalue weighted by atomic mass is 10.1. The number of benzene rings is 3. The summed E-state index contributed by atoms with van der Waals surface area (Å²) in [5.74, 6) is -0.157. The van der Waals surface area contributed by atoms with E-state index < -0.39 is 0 Å². The molecular weight excluding hydrogens is 364 g/mol. The zero-order valence-electron chi connectivity index (χ0n) is 15.9. The predicted molar refractivity (Wildman–Crippen MR) is 114 cm³/mol. The summed E-state index contributed by atoms with van der Waals surface area (Å²) in [7, 11) is 1.38. The van der Waals surface area contributed by atoms with Gasteiger partial charge in [-0.2, -0.15) is 0 Å². The van der Waals surface area contributed by atoms with E-state index in [2.05, 4.69) is 21.7 Å². The Morgan fingerprint density at radius 1 is 1.07 bits per heavy atom. The Kier molecular flexibility index (Phi) is 5.12. The van der Waals surface area contributed by atoms with Gasteiger partial charge >= 0.3 is 5.97 Å². The molecule has 0 spiro atoms. The van der Waals surface area contributed by atoms with Gasteiger partial charge in [-0.05, 0) is 35.9 Å². The largest absolute Gasteiger partial charge is 0.508 e. The molecule has 5 nitrogen and oxygen atoms in total. The first-order valence-electron chi connectivity index (χ1n) is 9.22. The Bertz CT molecular complexity index is 1210. The van der Waals surface area contributed by atoms with E-state index in [0.717, 1.165) is 22.0 Å². The molecule has 0 saturated carbocycles. The van der Waals surface area contributed by atoms with Gasteiger partial charge in [0.2, 0.25) is 0 Å². The van der Waals surface area contributed by atoms with Gasteiger partial charge in [0.15, 0.2) is 0 Å². The van der Waals surface area contributed by atoms with Gasteiger partial charge in [-0.1, -0.05) is 36.4 Å². The zero-order chi connectivity index (χ0) is 20.2. The summed E-state index contributed by atoms with van der Waals surface area (Å²) in [6.45, 7) is 0.616. The van der Waals surface area contributed by atoms with Crippen molar-refractivity contribution in [2.45, 2.75) is 6.54 Å². The molecule has 0 aliphatic rings. The summed E-state index contributed by atoms with van der Waals surface area (Å²) in [5.41, 5.74) is 4.28. The van der Waals surface area contributed by atoms with E-state index in [0.29, 0.717) is 17.8 Å². The van der Waals surface area contributed by atoms with Gasteiger partial charge in [-0.25, -0.2) is 4.79 Å². The van der Waals surface area contributed by atoms with Crippen LogP contribution in [0.15, 0.2) is 84.0 Å². The van der Waals surface area contributed by atoms with Gasteiger partial charge in [-0.3, -0.25) is 4.99 Å². The fourth-order valence-corrected chi connectivity index (χ4v) is 3.34. The average molecular weight is 384 g/mol. The number of aromatic nitrogens is 1. The molecule has 4 rings (SSSR count). The third-order valence-corrected chi connectivity index (χ3v) is 4.70. The van der Waals surface area contributed by atoms with E-state index in [9.17, 15) is 9.90 Å². The van der Waals surface area contributed by atoms with Crippen molar-refractivity contribution in [1.29, 1.82) is 0 Å². The van der Waals surface area contributed by atoms with E-state index in [1.165, 1.54) is 7.11 Å². The van der Waals surface area contributed by atoms with Crippen LogP contribution in [-0.2, 0) is 11.3 Å². The van der Waals surface area contributed by atoms with Crippen LogP contribution in [0.1, 0.15) is 21.5 Å². The Hall–Kier alpha value is -3.86. The number of esters is 1. The molecule has 144 valence electrons. The molecule has 0 saturated heterocycles. The van der Waals surface area contributed by atoms with Crippen molar-refractivity contribution >= 4 is 28.8 Å². The Labute approximate surface area is 168 Å². The lowest BCUT2D eigenvalue weighted by molar-refractivity contribution is 0.0600. The Morgan fingerprint density at radius 3 is 2.72 bits per heavy atom. The first-order valence-corrected chi connectivity index (χ1v) is 9.22. The minimum Gasteiger partial charge on any atom is -0.508 e. The zero-order valence-corrected chi connectivity index (χ0v) is 15.9. The summed E-state index contributed by atoms with van der Waals surface area (Å²) in [5, 5.41) is 10.7. The molecule has 0 fully saturated rings. The number of hydrogen-bond acceptors (Lipinski definition) is 4. The number of ether oxygens (including phenoxy) is 1. The van der Waals surface area contributed by atoms with Crippen molar-refractivity contribution in [1.82, 2.24) is 4.57 Å². The summed E-state index contributed by atoms with van der Waals surface area (Å²) >= 11 is 0. The molecule has 0 aliphatic carbocycles. The molecule has 0 bridgehead atoms. The molecule has 3 aromatic carbocycles. The fraction of sp³-hybridized carbons (Fsp3) is 0.0833. The third kappa shape index (κ3) is 4.04. The van der Waals surface area contributed by atoms with E-state index in [1.807, 2.05) is 42.6 Å². The first kappa shape index (κ1) is 18.5. The van der Waals surface area contributed by atoms with Crippen LogP contribution >= 0.6 is 0 Å². The van der Waals surface area contributed by atoms with E-state index >= 15 is 0 Å². The highest BCUT2D eigenvalue weighted by molar-refractivity contribution is 6.00. The van der Waals surface area contributed by atoms with Gasteiger partial charge < -0.3 is 14.4 Å². The summed E-state index contributed by atoms with van der Waals surface area (Å²) in [6, 6.07) is 22.4. The lowest BCUT2D eigenvalue weighted by Gasteiger charge is -2.07. The number of hydrogen-bond donors (Lipinski definition) is 1. The van der Waals surface area contributed by atoms with Crippen LogP contribution in [0.4, 0.5) is 5.69 Å². The van der Waals surface area contributed by atoms with Crippen molar-refractivity contribution in [2.24, 2.45) is 4.99 Å². The van der Waals surface area contributed by atoms with Crippen LogP contribution in [0, 0.1) is 0 Å². The van der Waals surface area contributed by atoms with E-state index in [1.54, 1.807) is 30.5 Å². The monoisotopic (exact) mass is 384 g/mol. The molecule has 29 heavy (non-hydrogen) atoms. The predicted octanol–water partition coefficient (Wildman–Crippen LogP) is 4.93. The van der Waals surface area contributed by atoms with Crippen LogP contribution in [0.2, 0.25) is 0 Å². The molecule has 5 heteroatoms. The third-order valence-electron chi connectivity index (χ3n) is 4.70. The van der Waals surface area contributed by atoms with Crippen molar-refractivity contribution < 1.29 is 14.6 Å². The minimum absolute atomic E-state index is 0.188. The fourth-order valence-electron chi connectivity index (χ4n) is 3.34. The quantitative estimate of drug-likeness (QED) is 0.392. The van der Waals surface area contributed by atoms with Gasteiger partial charge in [0.05, 0.1) is 18.4 Å². The van der Waals surface area contributed by atoms with Crippen LogP contribution in [0.25, 0.3) is 10.9 Å². The van der Waals surface area contributed by atoms with Gasteiger partial charge in [0.1, 0.15) is 5.75 Å². The second kappa shape index (κ2) is 8.02. The van der Waals surface area contributed by atoms with Gasteiger partial charge in [0, 0.05) is 41.5 Å². The Balaban J connectivity index is 1.69. The number of para-hydroxylation sites is 1. The number of phenolic OH excluding ortho intramolecular Hbond substituents is 1. The molecule has 1 N–H and O–H groups in total. The molecular formula is C24H20N2O3. The van der Waals surface area contributed by atoms with Crippen molar-refractivity contribution in [2.75, 3.05) is 7.11 Å². The summed E-state index contributed by atoms with van der Waals surface area (Å²) < 4.78 is 6.95.